The largest absolute Gasteiger partial charge is 0.474 e. The van der Waals surface area contributed by atoms with Crippen molar-refractivity contribution in [2.45, 2.75) is 60.8 Å². The van der Waals surface area contributed by atoms with E-state index in [-0.39, 0.29) is 5.48 Å². The van der Waals surface area contributed by atoms with Crippen LogP contribution in [0.5, 0.6) is 0 Å². The van der Waals surface area contributed by atoms with Crippen molar-refractivity contribution in [2.75, 3.05) is 41.3 Å². The van der Waals surface area contributed by atoms with Crippen molar-refractivity contribution in [2.24, 2.45) is 20.0 Å². The molecular formula is C80H69Cl4N9O11S5. The first-order valence-electron chi connectivity index (χ1n) is 33.3. The van der Waals surface area contributed by atoms with E-state index in [1.807, 2.05) is 90.5 Å². The summed E-state index contributed by atoms with van der Waals surface area (Å²) in [6, 6.07) is 56.8. The quantitative estimate of drug-likeness (QED) is 0.0409. The predicted octanol–water partition coefficient (Wildman–Crippen LogP) is 17.7. The molecule has 0 spiro atoms. The van der Waals surface area contributed by atoms with E-state index in [1.165, 1.54) is 77.5 Å². The van der Waals surface area contributed by atoms with Crippen molar-refractivity contribution in [3.05, 3.63) is 214 Å². The van der Waals surface area contributed by atoms with E-state index in [9.17, 15) is 38.4 Å². The van der Waals surface area contributed by atoms with Crippen molar-refractivity contribution in [1.82, 2.24) is 4.90 Å². The number of carboxylic acids is 1. The van der Waals surface area contributed by atoms with Crippen molar-refractivity contribution >= 4 is 233 Å². The van der Waals surface area contributed by atoms with Crippen LogP contribution < -0.4 is 21.7 Å². The SMILES string of the molecule is CC(=O)C(=O)Cl.CC(=O)C(=O)Nc1cc2c(c(-c3cc4ccccc4s3)c1)CN=C2.CCN(CC)CC.Nc1cc2c(c(-c3cc4ccccc4s3)c1)CN=C2.O.O=C(Cl)C(=O)Nc1cc2c(c(-c3cc4ccccc4s3)c1)CN=C2.O=C(O)C(=O)Nc1cc2c(c(-c3cc4ccccc4s3)c1)CN=C2.O=S(Cl)Cl. The fraction of sp³-hybridized carbons (Fsp3) is 0.150. The lowest BCUT2D eigenvalue weighted by atomic mass is 10.0. The molecule has 29 heteroatoms. The summed E-state index contributed by atoms with van der Waals surface area (Å²) in [5.74, 6) is -5.12. The summed E-state index contributed by atoms with van der Waals surface area (Å²) in [6.45, 7) is 15.1. The van der Waals surface area contributed by atoms with Crippen LogP contribution in [-0.4, -0.2) is 110 Å². The molecule has 4 aliphatic rings. The molecule has 3 amide bonds. The molecule has 20 nitrogen and oxygen atoms in total. The maximum Gasteiger partial charge on any atom is 0.394 e. The molecule has 0 radical (unpaired) electrons. The molecule has 109 heavy (non-hydrogen) atoms. The highest BCUT2D eigenvalue weighted by molar-refractivity contribution is 8.26. The number of hydrogen-bond donors (Lipinski definition) is 5. The number of thiophene rings is 4. The number of hydrogen-bond acceptors (Lipinski definition) is 19. The van der Waals surface area contributed by atoms with Gasteiger partial charge in [-0.1, -0.05) is 93.6 Å². The number of carboxylic acid groups (broad SMARTS) is 1. The molecule has 12 aromatic rings. The molecule has 0 saturated carbocycles. The van der Waals surface area contributed by atoms with Gasteiger partial charge in [0.2, 0.25) is 20.8 Å². The van der Waals surface area contributed by atoms with Crippen molar-refractivity contribution in [1.29, 1.82) is 0 Å². The third-order valence-electron chi connectivity index (χ3n) is 16.9. The Morgan fingerprint density at radius 3 is 0.963 bits per heavy atom. The monoisotopic (exact) mass is 1630 g/mol. The number of halogens is 4. The van der Waals surface area contributed by atoms with Gasteiger partial charge >= 0.3 is 23.0 Å². The minimum Gasteiger partial charge on any atom is -0.474 e. The number of benzene rings is 8. The highest BCUT2D eigenvalue weighted by atomic mass is 36.0. The molecule has 0 bridgehead atoms. The summed E-state index contributed by atoms with van der Waals surface area (Å²) in [7, 11) is 7.36. The third-order valence-corrected chi connectivity index (χ3v) is 22.0. The number of nitrogens with one attached hydrogen (secondary N) is 3. The summed E-state index contributed by atoms with van der Waals surface area (Å²) in [5, 5.41) is 19.3. The maximum absolute atomic E-state index is 11.7. The Kier molecular flexibility index (Phi) is 29.5. The highest BCUT2D eigenvalue weighted by Gasteiger charge is 2.23. The number of aliphatic imine (C=N–C) groups is 4. The van der Waals surface area contributed by atoms with Crippen molar-refractivity contribution in [3.63, 3.8) is 0 Å². The van der Waals surface area contributed by atoms with Crippen LogP contribution in [0.1, 0.15) is 79.1 Å². The second-order valence-corrected chi connectivity index (χ2v) is 31.6. The number of anilines is 4. The maximum atomic E-state index is 11.7. The number of fused-ring (bicyclic) bond motifs is 8. The van der Waals surface area contributed by atoms with Crippen LogP contribution in [0.15, 0.2) is 190 Å². The standard InChI is InChI=1S/C19H14N2O2S.C18H11ClN2O2S.C18H12N2O3S.C16H12N2S.C6H15N.C3H3ClO2.Cl2OS.H2O/c1-11(22)19(23)21-14-6-13-9-20-10-16(13)15(8-14)18-7-12-4-2-3-5-17(12)24-18;19-17(22)18(23)21-12-5-11-8-20-9-14(11)13(7-12)16-6-10-3-1-2-4-15(10)24-16;21-17(18(22)23)20-12-5-11-8-19-9-14(11)13(7-12)16-6-10-3-1-2-4-15(10)24-16;17-12-5-11-8-18-9-14(11)13(7-12)16-6-10-3-1-2-4-15(10)19-16;1-4-7(5-2)6-3;1-2(5)3(4)6;1-4(2)3;/h2-9H,10H2,1H3,(H,21,23);1-8H,9H2,(H,21,23);1-8H,9H2,(H,20,21)(H,22,23);1-8H,9,17H2;4-6H2,1-3H3;1H3;;1H2. The Bertz CT molecular complexity index is 5100. The fourth-order valence-corrected chi connectivity index (χ4v) is 16.2. The molecule has 0 saturated heterocycles. The molecule has 8 N–H and O–H groups in total. The van der Waals surface area contributed by atoms with E-state index in [0.29, 0.717) is 36.7 Å². The lowest BCUT2D eigenvalue weighted by Crippen LogP contribution is -2.21. The number of rotatable bonds is 13. The van der Waals surface area contributed by atoms with Crippen LogP contribution in [0.25, 0.3) is 82.1 Å². The van der Waals surface area contributed by atoms with E-state index in [0.717, 1.165) is 94.8 Å². The lowest BCUT2D eigenvalue weighted by molar-refractivity contribution is -0.147. The molecule has 558 valence electrons. The van der Waals surface area contributed by atoms with E-state index in [4.69, 9.17) is 26.7 Å². The number of nitrogens with zero attached hydrogens (tertiary/aromatic N) is 5. The number of Topliss-reactive ketones (excluding diaryl/α,β-unsaturated/α-hetero) is 2. The van der Waals surface area contributed by atoms with Gasteiger partial charge in [0.05, 0.1) is 26.2 Å². The van der Waals surface area contributed by atoms with Crippen molar-refractivity contribution < 1.29 is 53.1 Å². The molecule has 0 aliphatic carbocycles. The Balaban J connectivity index is 0.000000156. The molecular weight excluding hydrogens is 1570 g/mol. The second kappa shape index (κ2) is 38.8. The fourth-order valence-electron chi connectivity index (χ4n) is 11.7. The van der Waals surface area contributed by atoms with E-state index in [2.05, 4.69) is 186 Å². The summed E-state index contributed by atoms with van der Waals surface area (Å²) < 4.78 is 14.0. The average molecular weight is 1630 g/mol. The van der Waals surface area contributed by atoms with E-state index < -0.39 is 55.0 Å². The highest BCUT2D eigenvalue weighted by Crippen LogP contribution is 2.43. The normalized spacial score (nSPS) is 11.8. The molecule has 8 heterocycles. The van der Waals surface area contributed by atoms with Gasteiger partial charge in [0, 0.05) is 143 Å². The van der Waals surface area contributed by atoms with Gasteiger partial charge in [0.1, 0.15) is 0 Å². The summed E-state index contributed by atoms with van der Waals surface area (Å²) >= 11 is 16.7. The number of carbonyl (C=O) groups excluding carboxylic acids is 7. The number of nitrogens with two attached hydrogens (primary N) is 1. The summed E-state index contributed by atoms with van der Waals surface area (Å²) in [5.41, 5.74) is 21.4. The molecule has 0 atom stereocenters. The minimum atomic E-state index is -1.67. The third kappa shape index (κ3) is 21.6. The van der Waals surface area contributed by atoms with Gasteiger partial charge in [-0.05, 0) is 206 Å². The molecule has 8 aromatic carbocycles. The topological polar surface area (TPSA) is 320 Å². The Labute approximate surface area is 663 Å². The Hall–Kier alpha value is -10.1. The number of carbonyl (C=O) groups is 8. The van der Waals surface area contributed by atoms with Gasteiger partial charge < -0.3 is 37.2 Å². The first-order chi connectivity index (χ1) is 51.9. The van der Waals surface area contributed by atoms with Crippen LogP contribution in [0.2, 0.25) is 0 Å². The van der Waals surface area contributed by atoms with Crippen LogP contribution in [0.3, 0.4) is 0 Å². The number of nitrogen functional groups attached to an aromatic ring is 1. The molecule has 4 aromatic heterocycles. The summed E-state index contributed by atoms with van der Waals surface area (Å²) in [6.07, 6.45) is 7.27. The number of amides is 3. The molecule has 4 aliphatic heterocycles. The minimum absolute atomic E-state index is 0. The molecule has 0 fully saturated rings. The van der Waals surface area contributed by atoms with Gasteiger partial charge in [0.15, 0.2) is 0 Å². The summed E-state index contributed by atoms with van der Waals surface area (Å²) in [4.78, 5) is 111. The van der Waals surface area contributed by atoms with Crippen LogP contribution in [0, 0.1) is 0 Å². The zero-order valence-electron chi connectivity index (χ0n) is 58.9. The van der Waals surface area contributed by atoms with Gasteiger partial charge in [-0.3, -0.25) is 53.5 Å². The van der Waals surface area contributed by atoms with Crippen LogP contribution in [-0.2, 0) is 73.8 Å². The number of aliphatic carboxylic acids is 1. The molecule has 16 rings (SSSR count). The van der Waals surface area contributed by atoms with Gasteiger partial charge in [-0.25, -0.2) is 9.00 Å². The van der Waals surface area contributed by atoms with Crippen LogP contribution in [0.4, 0.5) is 22.7 Å². The van der Waals surface area contributed by atoms with Crippen molar-refractivity contribution in [3.8, 4) is 41.8 Å². The first kappa shape index (κ1) is 82.9. The Morgan fingerprint density at radius 1 is 0.431 bits per heavy atom. The zero-order valence-corrected chi connectivity index (χ0v) is 66.0. The van der Waals surface area contributed by atoms with E-state index >= 15 is 0 Å². The van der Waals surface area contributed by atoms with Gasteiger partial charge in [-0.15, -0.1) is 45.3 Å². The van der Waals surface area contributed by atoms with Gasteiger partial charge in [-0.2, -0.15) is 0 Å². The smallest absolute Gasteiger partial charge is 0.394 e. The Morgan fingerprint density at radius 2 is 0.706 bits per heavy atom. The molecule has 0 unspecified atom stereocenters. The lowest BCUT2D eigenvalue weighted by Gasteiger charge is -2.13. The predicted molar refractivity (Wildman–Crippen MR) is 452 cm³/mol. The zero-order chi connectivity index (χ0) is 77.3. The van der Waals surface area contributed by atoms with Gasteiger partial charge in [0.25, 0.3) is 11.1 Å². The first-order valence-corrected chi connectivity index (χ1v) is 40.1. The second-order valence-electron chi connectivity index (χ2n) is 24.0. The van der Waals surface area contributed by atoms with Crippen LogP contribution >= 0.6 is 89.9 Å². The number of ketones is 2. The average Bonchev–Trinajstić information content (AvgIpc) is 1.67. The van der Waals surface area contributed by atoms with E-state index in [1.54, 1.807) is 58.6 Å².